The highest BCUT2D eigenvalue weighted by Crippen LogP contribution is 2.24. The van der Waals surface area contributed by atoms with Crippen molar-refractivity contribution in [3.05, 3.63) is 186 Å². The highest BCUT2D eigenvalue weighted by atomic mass is 15.2. The van der Waals surface area contributed by atoms with Crippen LogP contribution in [0.25, 0.3) is 35.8 Å². The molecule has 0 spiro atoms. The largest absolute Gasteiger partial charge is 0.341 e. The topological polar surface area (TPSA) is 67.7 Å². The van der Waals surface area contributed by atoms with Gasteiger partial charge in [-0.2, -0.15) is 15.0 Å². The van der Waals surface area contributed by atoms with E-state index in [1.54, 1.807) is 0 Å². The Bertz CT molecular complexity index is 2000. The second kappa shape index (κ2) is 14.7. The van der Waals surface area contributed by atoms with Crippen molar-refractivity contribution in [3.63, 3.8) is 0 Å². The van der Waals surface area contributed by atoms with Crippen LogP contribution >= 0.6 is 0 Å². The molecule has 5 aromatic carbocycles. The zero-order valence-corrected chi connectivity index (χ0v) is 26.3. The Balaban J connectivity index is 1.14. The van der Waals surface area contributed by atoms with E-state index >= 15 is 0 Å². The zero-order chi connectivity index (χ0) is 32.4. The zero-order valence-electron chi connectivity index (χ0n) is 26.3. The highest BCUT2D eigenvalue weighted by molar-refractivity contribution is 5.72. The summed E-state index contributed by atoms with van der Waals surface area (Å²) in [7, 11) is 0. The number of benzene rings is 5. The van der Waals surface area contributed by atoms with Crippen molar-refractivity contribution < 1.29 is 0 Å². The summed E-state index contributed by atoms with van der Waals surface area (Å²) in [6.45, 7) is 0.705. The van der Waals surface area contributed by atoms with Crippen LogP contribution in [-0.4, -0.2) is 19.5 Å². The number of hydrogen-bond donors (Lipinski definition) is 2. The Labute approximate surface area is 280 Å². The first-order valence-corrected chi connectivity index (χ1v) is 15.9. The number of rotatable bonds is 11. The molecule has 6 heteroatoms. The summed E-state index contributed by atoms with van der Waals surface area (Å²) in [5.74, 6) is 1.47. The van der Waals surface area contributed by atoms with Gasteiger partial charge < -0.3 is 15.2 Å². The van der Waals surface area contributed by atoms with E-state index in [1.165, 1.54) is 5.56 Å². The SMILES string of the molecule is C(=Cc1ccc(Nc2nc(Nc3ccc(C=Cc4ccccc4)cc3)nc(-c3cccn3Cc3ccccc3)n2)cc1)c1ccccc1. The predicted octanol–water partition coefficient (Wildman–Crippen LogP) is 10.2. The van der Waals surface area contributed by atoms with E-state index in [9.17, 15) is 0 Å². The maximum atomic E-state index is 4.86. The molecule has 7 rings (SSSR count). The molecule has 0 fully saturated rings. The fourth-order valence-corrected chi connectivity index (χ4v) is 5.26. The molecule has 2 N–H and O–H groups in total. The van der Waals surface area contributed by atoms with Gasteiger partial charge in [0, 0.05) is 24.1 Å². The summed E-state index contributed by atoms with van der Waals surface area (Å²) < 4.78 is 2.15. The smallest absolute Gasteiger partial charge is 0.232 e. The molecule has 0 radical (unpaired) electrons. The monoisotopic (exact) mass is 622 g/mol. The number of nitrogens with zero attached hydrogens (tertiary/aromatic N) is 4. The summed E-state index contributed by atoms with van der Waals surface area (Å²) in [5.41, 5.74) is 8.38. The minimum atomic E-state index is 0.449. The molecule has 2 aromatic heterocycles. The van der Waals surface area contributed by atoms with Gasteiger partial charge in [0.25, 0.3) is 0 Å². The van der Waals surface area contributed by atoms with Crippen molar-refractivity contribution in [1.82, 2.24) is 19.5 Å². The molecular weight excluding hydrogens is 589 g/mol. The Morgan fingerprint density at radius 3 is 1.35 bits per heavy atom. The van der Waals surface area contributed by atoms with Crippen LogP contribution in [0.15, 0.2) is 158 Å². The number of hydrogen-bond acceptors (Lipinski definition) is 5. The van der Waals surface area contributed by atoms with E-state index in [1.807, 2.05) is 78.9 Å². The third-order valence-electron chi connectivity index (χ3n) is 7.76. The quantitative estimate of drug-likeness (QED) is 0.141. The van der Waals surface area contributed by atoms with E-state index in [2.05, 4.69) is 118 Å². The molecule has 48 heavy (non-hydrogen) atoms. The van der Waals surface area contributed by atoms with Crippen molar-refractivity contribution in [1.29, 1.82) is 0 Å². The summed E-state index contributed by atoms with van der Waals surface area (Å²) in [6.07, 6.45) is 10.5. The molecule has 0 saturated carbocycles. The van der Waals surface area contributed by atoms with Crippen molar-refractivity contribution in [2.75, 3.05) is 10.6 Å². The predicted molar refractivity (Wildman–Crippen MR) is 199 cm³/mol. The fourth-order valence-electron chi connectivity index (χ4n) is 5.26. The van der Waals surface area contributed by atoms with Crippen LogP contribution in [0.2, 0.25) is 0 Å². The lowest BCUT2D eigenvalue weighted by atomic mass is 10.1. The van der Waals surface area contributed by atoms with E-state index < -0.39 is 0 Å². The molecule has 7 aromatic rings. The van der Waals surface area contributed by atoms with Crippen LogP contribution in [-0.2, 0) is 6.54 Å². The molecule has 0 bridgehead atoms. The second-order valence-electron chi connectivity index (χ2n) is 11.3. The molecular formula is C42H34N6. The average Bonchev–Trinajstić information content (AvgIpc) is 3.60. The van der Waals surface area contributed by atoms with Crippen LogP contribution < -0.4 is 10.6 Å². The summed E-state index contributed by atoms with van der Waals surface area (Å²) in [5, 5.41) is 6.80. The first-order valence-electron chi connectivity index (χ1n) is 15.9. The van der Waals surface area contributed by atoms with Crippen LogP contribution in [0.5, 0.6) is 0 Å². The molecule has 6 nitrogen and oxygen atoms in total. The molecule has 232 valence electrons. The molecule has 0 atom stereocenters. The molecule has 0 saturated heterocycles. The van der Waals surface area contributed by atoms with Gasteiger partial charge in [-0.05, 0) is 64.2 Å². The third-order valence-corrected chi connectivity index (χ3v) is 7.76. The van der Waals surface area contributed by atoms with E-state index in [0.717, 1.165) is 39.3 Å². The maximum absolute atomic E-state index is 4.86. The molecule has 0 unspecified atom stereocenters. The standard InChI is InChI=1S/C42H34N6/c1-4-11-32(12-5-1)18-20-34-22-26-37(27-23-34)43-41-45-40(39-17-10-30-48(39)31-36-15-8-3-9-16-36)46-42(47-41)44-38-28-24-35(25-29-38)21-19-33-13-6-2-7-14-33/h1-30H,31H2,(H2,43,44,45,46,47). The van der Waals surface area contributed by atoms with Crippen molar-refractivity contribution in [2.24, 2.45) is 0 Å². The van der Waals surface area contributed by atoms with Gasteiger partial charge in [-0.15, -0.1) is 0 Å². The lowest BCUT2D eigenvalue weighted by Gasteiger charge is -2.13. The Hall–Kier alpha value is -6.53. The lowest BCUT2D eigenvalue weighted by Crippen LogP contribution is -2.08. The van der Waals surface area contributed by atoms with Crippen molar-refractivity contribution in [2.45, 2.75) is 6.54 Å². The van der Waals surface area contributed by atoms with Crippen molar-refractivity contribution in [3.8, 4) is 11.5 Å². The Morgan fingerprint density at radius 2 is 0.875 bits per heavy atom. The van der Waals surface area contributed by atoms with Gasteiger partial charge in [-0.3, -0.25) is 0 Å². The first-order chi connectivity index (χ1) is 23.7. The minimum absolute atomic E-state index is 0.449. The normalized spacial score (nSPS) is 11.2. The highest BCUT2D eigenvalue weighted by Gasteiger charge is 2.13. The summed E-state index contributed by atoms with van der Waals surface area (Å²) >= 11 is 0. The summed E-state index contributed by atoms with van der Waals surface area (Å²) in [4.78, 5) is 14.5. The minimum Gasteiger partial charge on any atom is -0.341 e. The van der Waals surface area contributed by atoms with Crippen LogP contribution in [0, 0.1) is 0 Å². The Kier molecular flexibility index (Phi) is 9.24. The second-order valence-corrected chi connectivity index (χ2v) is 11.3. The first kappa shape index (κ1) is 30.1. The van der Waals surface area contributed by atoms with Gasteiger partial charge in [-0.1, -0.05) is 140 Å². The summed E-state index contributed by atoms with van der Waals surface area (Å²) in [6, 6.07) is 51.4. The maximum Gasteiger partial charge on any atom is 0.232 e. The fraction of sp³-hybridized carbons (Fsp3) is 0.0238. The van der Waals surface area contributed by atoms with Crippen molar-refractivity contribution >= 4 is 47.6 Å². The lowest BCUT2D eigenvalue weighted by molar-refractivity contribution is 0.806. The third kappa shape index (κ3) is 8.00. The number of anilines is 4. The van der Waals surface area contributed by atoms with Crippen LogP contribution in [0.1, 0.15) is 27.8 Å². The van der Waals surface area contributed by atoms with Crippen LogP contribution in [0.3, 0.4) is 0 Å². The molecule has 0 aliphatic rings. The van der Waals surface area contributed by atoms with Gasteiger partial charge in [0.2, 0.25) is 11.9 Å². The molecule has 2 heterocycles. The van der Waals surface area contributed by atoms with E-state index in [4.69, 9.17) is 15.0 Å². The van der Waals surface area contributed by atoms with Crippen LogP contribution in [0.4, 0.5) is 23.3 Å². The molecule has 0 amide bonds. The van der Waals surface area contributed by atoms with Gasteiger partial charge in [-0.25, -0.2) is 0 Å². The van der Waals surface area contributed by atoms with Gasteiger partial charge in [0.15, 0.2) is 5.82 Å². The van der Waals surface area contributed by atoms with E-state index in [0.29, 0.717) is 24.3 Å². The van der Waals surface area contributed by atoms with Gasteiger partial charge in [0.1, 0.15) is 0 Å². The van der Waals surface area contributed by atoms with Gasteiger partial charge >= 0.3 is 0 Å². The average molecular weight is 623 g/mol. The van der Waals surface area contributed by atoms with E-state index in [-0.39, 0.29) is 0 Å². The van der Waals surface area contributed by atoms with Gasteiger partial charge in [0.05, 0.1) is 5.69 Å². The molecule has 0 aliphatic carbocycles. The number of aromatic nitrogens is 4. The Morgan fingerprint density at radius 1 is 0.438 bits per heavy atom. The molecule has 0 aliphatic heterocycles. The number of nitrogens with one attached hydrogen (secondary N) is 2.